The summed E-state index contributed by atoms with van der Waals surface area (Å²) in [6, 6.07) is 0.734. The van der Waals surface area contributed by atoms with Crippen LogP contribution in [0.1, 0.15) is 45.4 Å². The molecule has 2 heteroatoms. The van der Waals surface area contributed by atoms with E-state index in [2.05, 4.69) is 12.2 Å². The Bertz CT molecular complexity index is 166. The number of piperidine rings is 1. The summed E-state index contributed by atoms with van der Waals surface area (Å²) < 4.78 is 5.66. The number of ether oxygens (including phenoxy) is 1. The van der Waals surface area contributed by atoms with Gasteiger partial charge in [0.05, 0.1) is 6.10 Å². The number of hydrogen-bond acceptors (Lipinski definition) is 2. The predicted molar refractivity (Wildman–Crippen MR) is 58.4 cm³/mol. The van der Waals surface area contributed by atoms with Crippen molar-refractivity contribution in [2.45, 2.75) is 57.6 Å². The molecule has 0 spiro atoms. The van der Waals surface area contributed by atoms with Crippen molar-refractivity contribution in [2.75, 3.05) is 13.2 Å². The second kappa shape index (κ2) is 5.13. The molecule has 0 aromatic heterocycles. The van der Waals surface area contributed by atoms with E-state index in [1.807, 2.05) is 0 Å². The molecule has 1 N–H and O–H groups in total. The molecule has 2 fully saturated rings. The molecule has 2 heterocycles. The van der Waals surface area contributed by atoms with Gasteiger partial charge in [-0.3, -0.25) is 0 Å². The van der Waals surface area contributed by atoms with Crippen LogP contribution in [0.5, 0.6) is 0 Å². The Morgan fingerprint density at radius 2 is 2.21 bits per heavy atom. The molecule has 2 nitrogen and oxygen atoms in total. The van der Waals surface area contributed by atoms with E-state index in [-0.39, 0.29) is 0 Å². The van der Waals surface area contributed by atoms with Crippen molar-refractivity contribution in [3.05, 3.63) is 0 Å². The van der Waals surface area contributed by atoms with Crippen LogP contribution in [0.25, 0.3) is 0 Å². The third-order valence-electron chi connectivity index (χ3n) is 3.65. The number of rotatable bonds is 3. The number of nitrogens with one attached hydrogen (secondary N) is 1. The van der Waals surface area contributed by atoms with E-state index in [0.29, 0.717) is 6.10 Å². The van der Waals surface area contributed by atoms with Gasteiger partial charge in [-0.1, -0.05) is 0 Å². The van der Waals surface area contributed by atoms with Gasteiger partial charge in [0.2, 0.25) is 0 Å². The van der Waals surface area contributed by atoms with Crippen molar-refractivity contribution in [3.63, 3.8) is 0 Å². The van der Waals surface area contributed by atoms with E-state index in [4.69, 9.17) is 4.74 Å². The normalized spacial score (nSPS) is 38.8. The van der Waals surface area contributed by atoms with Gasteiger partial charge in [0.25, 0.3) is 0 Å². The summed E-state index contributed by atoms with van der Waals surface area (Å²) in [6.45, 7) is 4.53. The summed E-state index contributed by atoms with van der Waals surface area (Å²) in [5.41, 5.74) is 0. The third kappa shape index (κ3) is 2.96. The van der Waals surface area contributed by atoms with E-state index < -0.39 is 0 Å². The Morgan fingerprint density at radius 1 is 1.29 bits per heavy atom. The van der Waals surface area contributed by atoms with Crippen LogP contribution >= 0.6 is 0 Å². The van der Waals surface area contributed by atoms with Crippen molar-refractivity contribution in [3.8, 4) is 0 Å². The van der Waals surface area contributed by atoms with Gasteiger partial charge >= 0.3 is 0 Å². The molecule has 14 heavy (non-hydrogen) atoms. The lowest BCUT2D eigenvalue weighted by molar-refractivity contribution is 0.0952. The Balaban J connectivity index is 1.64. The summed E-state index contributed by atoms with van der Waals surface area (Å²) in [5.74, 6) is 0.954. The molecule has 0 radical (unpaired) electrons. The molecule has 0 amide bonds. The first-order valence-electron chi connectivity index (χ1n) is 6.19. The molecule has 2 saturated heterocycles. The van der Waals surface area contributed by atoms with Crippen molar-refractivity contribution >= 4 is 0 Å². The van der Waals surface area contributed by atoms with Crippen molar-refractivity contribution < 1.29 is 4.74 Å². The van der Waals surface area contributed by atoms with E-state index in [1.54, 1.807) is 0 Å². The fraction of sp³-hybridized carbons (Fsp3) is 1.00. The lowest BCUT2D eigenvalue weighted by Crippen LogP contribution is -2.35. The van der Waals surface area contributed by atoms with Crippen LogP contribution in [-0.4, -0.2) is 25.3 Å². The zero-order valence-corrected chi connectivity index (χ0v) is 9.30. The lowest BCUT2D eigenvalue weighted by atomic mass is 9.88. The fourth-order valence-corrected chi connectivity index (χ4v) is 2.79. The van der Waals surface area contributed by atoms with Crippen LogP contribution < -0.4 is 5.32 Å². The highest BCUT2D eigenvalue weighted by molar-refractivity contribution is 4.76. The van der Waals surface area contributed by atoms with Gasteiger partial charge in [-0.2, -0.15) is 0 Å². The summed E-state index contributed by atoms with van der Waals surface area (Å²) in [5, 5.41) is 3.51. The molecule has 82 valence electrons. The standard InChI is InChI=1S/C12H23NO/c1-10-9-11(6-7-13-10)4-5-12-3-2-8-14-12/h10-13H,2-9H2,1H3. The van der Waals surface area contributed by atoms with E-state index in [9.17, 15) is 0 Å². The third-order valence-corrected chi connectivity index (χ3v) is 3.65. The van der Waals surface area contributed by atoms with Crippen LogP contribution in [0.15, 0.2) is 0 Å². The molecule has 2 aliphatic rings. The largest absolute Gasteiger partial charge is 0.378 e. The Hall–Kier alpha value is -0.0800. The highest BCUT2D eigenvalue weighted by atomic mass is 16.5. The zero-order chi connectivity index (χ0) is 9.80. The van der Waals surface area contributed by atoms with Crippen LogP contribution in [0.3, 0.4) is 0 Å². The minimum atomic E-state index is 0.597. The zero-order valence-electron chi connectivity index (χ0n) is 9.30. The van der Waals surface area contributed by atoms with Gasteiger partial charge in [0, 0.05) is 12.6 Å². The lowest BCUT2D eigenvalue weighted by Gasteiger charge is -2.28. The molecule has 0 bridgehead atoms. The maximum atomic E-state index is 5.66. The summed E-state index contributed by atoms with van der Waals surface area (Å²) in [4.78, 5) is 0. The van der Waals surface area contributed by atoms with Gasteiger partial charge in [-0.05, 0) is 57.9 Å². The van der Waals surface area contributed by atoms with Gasteiger partial charge in [-0.15, -0.1) is 0 Å². The highest BCUT2D eigenvalue weighted by Gasteiger charge is 2.21. The monoisotopic (exact) mass is 197 g/mol. The molecular formula is C12H23NO. The number of hydrogen-bond donors (Lipinski definition) is 1. The first-order valence-corrected chi connectivity index (χ1v) is 6.19. The molecule has 2 aliphatic heterocycles. The van der Waals surface area contributed by atoms with Crippen molar-refractivity contribution in [1.82, 2.24) is 5.32 Å². The Kier molecular flexibility index (Phi) is 3.82. The highest BCUT2D eigenvalue weighted by Crippen LogP contribution is 2.25. The van der Waals surface area contributed by atoms with Crippen LogP contribution in [0, 0.1) is 5.92 Å². The van der Waals surface area contributed by atoms with Gasteiger partial charge in [0.1, 0.15) is 0 Å². The minimum absolute atomic E-state index is 0.597. The molecule has 3 atom stereocenters. The maximum absolute atomic E-state index is 5.66. The first kappa shape index (κ1) is 10.4. The molecule has 0 aliphatic carbocycles. The second-order valence-corrected chi connectivity index (χ2v) is 4.96. The average molecular weight is 197 g/mol. The summed E-state index contributed by atoms with van der Waals surface area (Å²) in [6.07, 6.45) is 8.62. The Labute approximate surface area is 87.4 Å². The van der Waals surface area contributed by atoms with Gasteiger partial charge in [0.15, 0.2) is 0 Å². The van der Waals surface area contributed by atoms with Crippen LogP contribution in [0.4, 0.5) is 0 Å². The molecule has 0 saturated carbocycles. The maximum Gasteiger partial charge on any atom is 0.0576 e. The smallest absolute Gasteiger partial charge is 0.0576 e. The quantitative estimate of drug-likeness (QED) is 0.750. The second-order valence-electron chi connectivity index (χ2n) is 4.96. The van der Waals surface area contributed by atoms with E-state index in [0.717, 1.165) is 18.6 Å². The van der Waals surface area contributed by atoms with Crippen LogP contribution in [-0.2, 0) is 4.74 Å². The minimum Gasteiger partial charge on any atom is -0.378 e. The van der Waals surface area contributed by atoms with E-state index in [1.165, 1.54) is 45.1 Å². The molecular weight excluding hydrogens is 174 g/mol. The summed E-state index contributed by atoms with van der Waals surface area (Å²) >= 11 is 0. The molecule has 0 aromatic carbocycles. The molecule has 2 rings (SSSR count). The average Bonchev–Trinajstić information content (AvgIpc) is 2.67. The predicted octanol–water partition coefficient (Wildman–Crippen LogP) is 2.33. The fourth-order valence-electron chi connectivity index (χ4n) is 2.79. The van der Waals surface area contributed by atoms with Gasteiger partial charge in [-0.25, -0.2) is 0 Å². The van der Waals surface area contributed by atoms with E-state index >= 15 is 0 Å². The molecule has 3 unspecified atom stereocenters. The van der Waals surface area contributed by atoms with Crippen molar-refractivity contribution in [1.29, 1.82) is 0 Å². The van der Waals surface area contributed by atoms with Crippen molar-refractivity contribution in [2.24, 2.45) is 5.92 Å². The van der Waals surface area contributed by atoms with Crippen LogP contribution in [0.2, 0.25) is 0 Å². The summed E-state index contributed by atoms with van der Waals surface area (Å²) in [7, 11) is 0. The topological polar surface area (TPSA) is 21.3 Å². The molecule has 0 aromatic rings. The Morgan fingerprint density at radius 3 is 2.93 bits per heavy atom. The first-order chi connectivity index (χ1) is 6.84. The SMILES string of the molecule is CC1CC(CCC2CCCO2)CCN1. The van der Waals surface area contributed by atoms with Gasteiger partial charge < -0.3 is 10.1 Å².